The van der Waals surface area contributed by atoms with Gasteiger partial charge in [-0.3, -0.25) is 9.48 Å². The lowest BCUT2D eigenvalue weighted by atomic mass is 10.1. The van der Waals surface area contributed by atoms with E-state index in [9.17, 15) is 18.0 Å². The van der Waals surface area contributed by atoms with Gasteiger partial charge in [0.15, 0.2) is 0 Å². The molecule has 0 atom stereocenters. The third-order valence-corrected chi connectivity index (χ3v) is 4.06. The second-order valence-corrected chi connectivity index (χ2v) is 6.78. The molecule has 0 spiro atoms. The SMILES string of the molecule is Cc1cc2cc[nH]c2cc1NC(=O)c1cnn(CCN(C)C)c1.O=C(O)C(F)(F)F. The molecule has 0 saturated carbocycles. The van der Waals surface area contributed by atoms with Gasteiger partial charge in [0.05, 0.1) is 18.3 Å². The van der Waals surface area contributed by atoms with Crippen LogP contribution in [0.4, 0.5) is 18.9 Å². The molecule has 0 fully saturated rings. The number of aromatic amines is 1. The van der Waals surface area contributed by atoms with E-state index in [-0.39, 0.29) is 5.91 Å². The zero-order valence-corrected chi connectivity index (χ0v) is 16.6. The van der Waals surface area contributed by atoms with Gasteiger partial charge < -0.3 is 20.3 Å². The van der Waals surface area contributed by atoms with Gasteiger partial charge in [-0.2, -0.15) is 18.3 Å². The average Bonchev–Trinajstić information content (AvgIpc) is 3.29. The highest BCUT2D eigenvalue weighted by Gasteiger charge is 2.38. The van der Waals surface area contributed by atoms with Gasteiger partial charge in [0.2, 0.25) is 0 Å². The molecule has 0 aliphatic heterocycles. The lowest BCUT2D eigenvalue weighted by molar-refractivity contribution is -0.192. The molecular formula is C19H22F3N5O3. The number of hydrogen-bond acceptors (Lipinski definition) is 4. The van der Waals surface area contributed by atoms with Crippen LogP contribution in [0.1, 0.15) is 15.9 Å². The summed E-state index contributed by atoms with van der Waals surface area (Å²) in [6.07, 6.45) is 0.194. The Hall–Kier alpha value is -3.34. The predicted molar refractivity (Wildman–Crippen MR) is 105 cm³/mol. The first-order valence-corrected chi connectivity index (χ1v) is 8.83. The van der Waals surface area contributed by atoms with Gasteiger partial charge in [-0.05, 0) is 50.2 Å². The van der Waals surface area contributed by atoms with Crippen molar-refractivity contribution in [3.63, 3.8) is 0 Å². The summed E-state index contributed by atoms with van der Waals surface area (Å²) in [5, 5.41) is 15.5. The van der Waals surface area contributed by atoms with E-state index in [1.54, 1.807) is 17.1 Å². The Balaban J connectivity index is 0.000000396. The molecule has 2 aromatic heterocycles. The Bertz CT molecular complexity index is 1020. The molecule has 30 heavy (non-hydrogen) atoms. The number of nitrogens with zero attached hydrogens (tertiary/aromatic N) is 3. The number of carbonyl (C=O) groups is 2. The molecular weight excluding hydrogens is 403 g/mol. The fourth-order valence-electron chi connectivity index (χ4n) is 2.45. The number of likely N-dealkylation sites (N-methyl/N-ethyl adjacent to an activating group) is 1. The zero-order chi connectivity index (χ0) is 22.5. The Morgan fingerprint density at radius 1 is 1.30 bits per heavy atom. The van der Waals surface area contributed by atoms with E-state index in [4.69, 9.17) is 9.90 Å². The van der Waals surface area contributed by atoms with E-state index in [2.05, 4.69) is 26.4 Å². The highest BCUT2D eigenvalue weighted by Crippen LogP contribution is 2.23. The number of alkyl halides is 3. The molecule has 3 rings (SSSR count). The summed E-state index contributed by atoms with van der Waals surface area (Å²) in [7, 11) is 4.02. The van der Waals surface area contributed by atoms with Crippen LogP contribution in [0, 0.1) is 6.92 Å². The van der Waals surface area contributed by atoms with Crippen LogP contribution in [0.5, 0.6) is 0 Å². The van der Waals surface area contributed by atoms with Crippen molar-refractivity contribution >= 4 is 28.5 Å². The normalized spacial score (nSPS) is 11.3. The fourth-order valence-corrected chi connectivity index (χ4v) is 2.45. The monoisotopic (exact) mass is 425 g/mol. The van der Waals surface area contributed by atoms with E-state index in [1.165, 1.54) is 0 Å². The zero-order valence-electron chi connectivity index (χ0n) is 16.6. The van der Waals surface area contributed by atoms with Crippen molar-refractivity contribution in [3.05, 3.63) is 47.9 Å². The molecule has 0 radical (unpaired) electrons. The first kappa shape index (κ1) is 22.9. The number of amides is 1. The molecule has 162 valence electrons. The maximum absolute atomic E-state index is 12.4. The third kappa shape index (κ3) is 6.34. The summed E-state index contributed by atoms with van der Waals surface area (Å²) in [5.74, 6) is -2.90. The maximum Gasteiger partial charge on any atom is 0.490 e. The van der Waals surface area contributed by atoms with E-state index < -0.39 is 12.1 Å². The number of carboxylic acid groups (broad SMARTS) is 1. The van der Waals surface area contributed by atoms with E-state index in [0.29, 0.717) is 5.56 Å². The van der Waals surface area contributed by atoms with Gasteiger partial charge in [0, 0.05) is 30.1 Å². The number of aryl methyl sites for hydroxylation is 1. The first-order chi connectivity index (χ1) is 14.0. The summed E-state index contributed by atoms with van der Waals surface area (Å²) < 4.78 is 33.5. The number of carboxylic acids is 1. The second-order valence-electron chi connectivity index (χ2n) is 6.78. The first-order valence-electron chi connectivity index (χ1n) is 8.83. The van der Waals surface area contributed by atoms with Gasteiger partial charge in [0.25, 0.3) is 5.91 Å². The number of aliphatic carboxylic acids is 1. The van der Waals surface area contributed by atoms with Crippen LogP contribution in [-0.4, -0.2) is 63.5 Å². The van der Waals surface area contributed by atoms with E-state index in [0.717, 1.165) is 35.2 Å². The number of rotatable bonds is 5. The Morgan fingerprint density at radius 2 is 1.97 bits per heavy atom. The highest BCUT2D eigenvalue weighted by molar-refractivity contribution is 6.05. The van der Waals surface area contributed by atoms with Crippen molar-refractivity contribution in [1.82, 2.24) is 19.7 Å². The molecule has 3 aromatic rings. The van der Waals surface area contributed by atoms with Crippen molar-refractivity contribution in [1.29, 1.82) is 0 Å². The van der Waals surface area contributed by atoms with Gasteiger partial charge in [-0.15, -0.1) is 0 Å². The van der Waals surface area contributed by atoms with Crippen LogP contribution in [0.2, 0.25) is 0 Å². The van der Waals surface area contributed by atoms with Crippen LogP contribution in [-0.2, 0) is 11.3 Å². The molecule has 11 heteroatoms. The van der Waals surface area contributed by atoms with Gasteiger partial charge in [-0.25, -0.2) is 4.79 Å². The van der Waals surface area contributed by atoms with Crippen LogP contribution in [0.3, 0.4) is 0 Å². The van der Waals surface area contributed by atoms with Crippen LogP contribution < -0.4 is 5.32 Å². The van der Waals surface area contributed by atoms with E-state index >= 15 is 0 Å². The van der Waals surface area contributed by atoms with Crippen LogP contribution in [0.25, 0.3) is 10.9 Å². The molecule has 0 bridgehead atoms. The van der Waals surface area contributed by atoms with Crippen molar-refractivity contribution in [2.24, 2.45) is 0 Å². The molecule has 0 aliphatic rings. The number of halogens is 3. The minimum atomic E-state index is -5.08. The van der Waals surface area contributed by atoms with Gasteiger partial charge in [-0.1, -0.05) is 0 Å². The molecule has 0 unspecified atom stereocenters. The Labute approximate surface area is 170 Å². The molecule has 0 saturated heterocycles. The van der Waals surface area contributed by atoms with Gasteiger partial charge >= 0.3 is 12.1 Å². The molecule has 8 nitrogen and oxygen atoms in total. The smallest absolute Gasteiger partial charge is 0.475 e. The number of aromatic nitrogens is 3. The highest BCUT2D eigenvalue weighted by atomic mass is 19.4. The molecule has 2 heterocycles. The number of hydrogen-bond donors (Lipinski definition) is 3. The number of nitrogens with one attached hydrogen (secondary N) is 2. The molecule has 3 N–H and O–H groups in total. The van der Waals surface area contributed by atoms with Crippen molar-refractivity contribution in [2.75, 3.05) is 26.0 Å². The minimum Gasteiger partial charge on any atom is -0.475 e. The fraction of sp³-hybridized carbons (Fsp3) is 0.316. The van der Waals surface area contributed by atoms with Crippen LogP contribution >= 0.6 is 0 Å². The number of carbonyl (C=O) groups excluding carboxylic acids is 1. The summed E-state index contributed by atoms with van der Waals surface area (Å²) in [5.41, 5.74) is 3.42. The molecule has 1 aromatic carbocycles. The average molecular weight is 425 g/mol. The topological polar surface area (TPSA) is 103 Å². The summed E-state index contributed by atoms with van der Waals surface area (Å²) >= 11 is 0. The quantitative estimate of drug-likeness (QED) is 0.583. The predicted octanol–water partition coefficient (Wildman–Crippen LogP) is 3.12. The summed E-state index contributed by atoms with van der Waals surface area (Å²) in [4.78, 5) is 26.5. The lowest BCUT2D eigenvalue weighted by Crippen LogP contribution is -2.21. The van der Waals surface area contributed by atoms with Crippen LogP contribution in [0.15, 0.2) is 36.8 Å². The van der Waals surface area contributed by atoms with Crippen molar-refractivity contribution < 1.29 is 27.9 Å². The number of H-pyrrole nitrogens is 1. The van der Waals surface area contributed by atoms with E-state index in [1.807, 2.05) is 39.3 Å². The Kier molecular flexibility index (Phi) is 7.22. The maximum atomic E-state index is 12.4. The van der Waals surface area contributed by atoms with Crippen molar-refractivity contribution in [3.8, 4) is 0 Å². The molecule has 1 amide bonds. The number of fused-ring (bicyclic) bond motifs is 1. The lowest BCUT2D eigenvalue weighted by Gasteiger charge is -2.09. The largest absolute Gasteiger partial charge is 0.490 e. The third-order valence-electron chi connectivity index (χ3n) is 4.06. The standard InChI is InChI=1S/C17H21N5O.C2HF3O2/c1-12-8-13-4-5-18-16(13)9-15(12)20-17(23)14-10-19-22(11-14)7-6-21(2)3;3-2(4,5)1(6)7/h4-5,8-11,18H,6-7H2,1-3H3,(H,20,23);(H,6,7). The second kappa shape index (κ2) is 9.44. The molecule has 0 aliphatic carbocycles. The summed E-state index contributed by atoms with van der Waals surface area (Å²) in [6, 6.07) is 6.03. The number of benzene rings is 1. The minimum absolute atomic E-state index is 0.143. The summed E-state index contributed by atoms with van der Waals surface area (Å²) in [6.45, 7) is 3.63. The Morgan fingerprint density at radius 3 is 2.57 bits per heavy atom. The van der Waals surface area contributed by atoms with Crippen molar-refractivity contribution in [2.45, 2.75) is 19.6 Å². The number of anilines is 1. The van der Waals surface area contributed by atoms with Gasteiger partial charge in [0.1, 0.15) is 0 Å².